The lowest BCUT2D eigenvalue weighted by molar-refractivity contribution is 0.0309. The third-order valence-corrected chi connectivity index (χ3v) is 4.34. The van der Waals surface area contributed by atoms with Crippen LogP contribution in [0.1, 0.15) is 36.0 Å². The molecule has 3 unspecified atom stereocenters. The van der Waals surface area contributed by atoms with Crippen molar-refractivity contribution in [2.24, 2.45) is 5.92 Å². The molecule has 3 rings (SSSR count). The van der Waals surface area contributed by atoms with Gasteiger partial charge < -0.3 is 5.11 Å². The maximum absolute atomic E-state index is 10.8. The summed E-state index contributed by atoms with van der Waals surface area (Å²) in [7, 11) is 0. The molecule has 0 amide bonds. The summed E-state index contributed by atoms with van der Waals surface area (Å²) in [5.41, 5.74) is 1.97. The van der Waals surface area contributed by atoms with E-state index in [-0.39, 0.29) is 5.92 Å². The third-order valence-electron chi connectivity index (χ3n) is 4.34. The normalized spacial score (nSPS) is 23.6. The topological polar surface area (TPSA) is 44.0 Å². The zero-order valence-corrected chi connectivity index (χ0v) is 11.5. The van der Waals surface area contributed by atoms with Crippen LogP contribution in [0, 0.1) is 17.2 Å². The van der Waals surface area contributed by atoms with Crippen LogP contribution < -0.4 is 0 Å². The van der Waals surface area contributed by atoms with Crippen LogP contribution in [0.3, 0.4) is 0 Å². The highest BCUT2D eigenvalue weighted by atomic mass is 16.3. The Labute approximate surface area is 119 Å². The van der Waals surface area contributed by atoms with Gasteiger partial charge in [0.05, 0.1) is 17.2 Å². The summed E-state index contributed by atoms with van der Waals surface area (Å²) < 4.78 is 0. The van der Waals surface area contributed by atoms with Crippen molar-refractivity contribution in [1.29, 1.82) is 5.26 Å². The van der Waals surface area contributed by atoms with E-state index >= 15 is 0 Å². The second-order valence-electron chi connectivity index (χ2n) is 5.70. The molecule has 1 fully saturated rings. The Kier molecular flexibility index (Phi) is 3.08. The highest BCUT2D eigenvalue weighted by Gasteiger charge is 2.50. The van der Waals surface area contributed by atoms with Gasteiger partial charge in [0.1, 0.15) is 0 Å². The zero-order valence-electron chi connectivity index (χ0n) is 11.5. The van der Waals surface area contributed by atoms with Crippen molar-refractivity contribution in [1.82, 2.24) is 0 Å². The first-order valence-electron chi connectivity index (χ1n) is 6.91. The van der Waals surface area contributed by atoms with Gasteiger partial charge in [0, 0.05) is 0 Å². The Morgan fingerprint density at radius 1 is 1.10 bits per heavy atom. The van der Waals surface area contributed by atoms with Crippen molar-refractivity contribution in [2.45, 2.75) is 24.9 Å². The van der Waals surface area contributed by atoms with Crippen molar-refractivity contribution < 1.29 is 5.11 Å². The Hall–Kier alpha value is -2.11. The zero-order chi connectivity index (χ0) is 14.2. The van der Waals surface area contributed by atoms with Gasteiger partial charge in [-0.15, -0.1) is 0 Å². The lowest BCUT2D eigenvalue weighted by Gasteiger charge is -2.24. The van der Waals surface area contributed by atoms with Crippen molar-refractivity contribution >= 4 is 0 Å². The van der Waals surface area contributed by atoms with Crippen LogP contribution in [0.5, 0.6) is 0 Å². The van der Waals surface area contributed by atoms with Crippen molar-refractivity contribution in [3.8, 4) is 6.07 Å². The molecule has 20 heavy (non-hydrogen) atoms. The van der Waals surface area contributed by atoms with E-state index in [9.17, 15) is 5.11 Å². The molecule has 1 aliphatic carbocycles. The van der Waals surface area contributed by atoms with Crippen LogP contribution in [0.25, 0.3) is 0 Å². The molecule has 0 spiro atoms. The molecule has 0 aliphatic heterocycles. The molecule has 0 saturated heterocycles. The van der Waals surface area contributed by atoms with E-state index in [1.54, 1.807) is 12.1 Å². The van der Waals surface area contributed by atoms with E-state index in [4.69, 9.17) is 5.26 Å². The van der Waals surface area contributed by atoms with E-state index in [0.717, 1.165) is 12.0 Å². The standard InChI is InChI=1S/C18H17NO/c1-18(20,15-9-7-13(12-19)8-10-15)17-11-16(17)14-5-3-2-4-6-14/h2-10,16-17,20H,11H2,1H3. The van der Waals surface area contributed by atoms with Crippen LogP contribution in [0.2, 0.25) is 0 Å². The van der Waals surface area contributed by atoms with Crippen LogP contribution in [0.15, 0.2) is 54.6 Å². The van der Waals surface area contributed by atoms with Gasteiger partial charge in [-0.25, -0.2) is 0 Å². The number of benzene rings is 2. The largest absolute Gasteiger partial charge is 0.385 e. The Morgan fingerprint density at radius 2 is 1.75 bits per heavy atom. The number of rotatable bonds is 3. The number of hydrogen-bond acceptors (Lipinski definition) is 2. The first kappa shape index (κ1) is 12.9. The van der Waals surface area contributed by atoms with Gasteiger partial charge in [-0.05, 0) is 48.4 Å². The summed E-state index contributed by atoms with van der Waals surface area (Å²) in [5.74, 6) is 0.680. The van der Waals surface area contributed by atoms with E-state index in [1.165, 1.54) is 5.56 Å². The molecule has 100 valence electrons. The summed E-state index contributed by atoms with van der Waals surface area (Å²) >= 11 is 0. The molecular weight excluding hydrogens is 246 g/mol. The molecule has 0 heterocycles. The van der Waals surface area contributed by atoms with Gasteiger partial charge in [0.15, 0.2) is 0 Å². The summed E-state index contributed by atoms with van der Waals surface area (Å²) in [5, 5.41) is 19.7. The van der Waals surface area contributed by atoms with E-state index < -0.39 is 5.60 Å². The van der Waals surface area contributed by atoms with Gasteiger partial charge in [-0.1, -0.05) is 42.5 Å². The number of aliphatic hydroxyl groups is 1. The highest BCUT2D eigenvalue weighted by molar-refractivity contribution is 5.37. The molecule has 1 saturated carbocycles. The summed E-state index contributed by atoms with van der Waals surface area (Å²) in [4.78, 5) is 0. The SMILES string of the molecule is CC(O)(c1ccc(C#N)cc1)C1CC1c1ccccc1. The predicted octanol–water partition coefficient (Wildman–Crippen LogP) is 3.57. The summed E-state index contributed by atoms with van der Waals surface area (Å²) in [6.45, 7) is 1.88. The molecule has 0 bridgehead atoms. The van der Waals surface area contributed by atoms with Gasteiger partial charge in [0.2, 0.25) is 0 Å². The molecule has 2 heteroatoms. The van der Waals surface area contributed by atoms with Gasteiger partial charge in [-0.2, -0.15) is 5.26 Å². The quantitative estimate of drug-likeness (QED) is 0.920. The maximum atomic E-state index is 10.8. The van der Waals surface area contributed by atoms with Gasteiger partial charge in [0.25, 0.3) is 0 Å². The number of nitriles is 1. The van der Waals surface area contributed by atoms with Crippen LogP contribution >= 0.6 is 0 Å². The smallest absolute Gasteiger partial charge is 0.0991 e. The van der Waals surface area contributed by atoms with Crippen LogP contribution in [-0.2, 0) is 5.60 Å². The van der Waals surface area contributed by atoms with Crippen molar-refractivity contribution in [2.75, 3.05) is 0 Å². The number of nitrogens with zero attached hydrogens (tertiary/aromatic N) is 1. The average molecular weight is 263 g/mol. The monoisotopic (exact) mass is 263 g/mol. The number of hydrogen-bond donors (Lipinski definition) is 1. The fraction of sp³-hybridized carbons (Fsp3) is 0.278. The molecule has 0 aromatic heterocycles. The minimum Gasteiger partial charge on any atom is -0.385 e. The Morgan fingerprint density at radius 3 is 2.35 bits per heavy atom. The lowest BCUT2D eigenvalue weighted by atomic mass is 9.88. The molecule has 3 atom stereocenters. The molecular formula is C18H17NO. The minimum absolute atomic E-state index is 0.248. The van der Waals surface area contributed by atoms with Crippen LogP contribution in [-0.4, -0.2) is 5.11 Å². The fourth-order valence-corrected chi connectivity index (χ4v) is 2.98. The lowest BCUT2D eigenvalue weighted by Crippen LogP contribution is -2.24. The van der Waals surface area contributed by atoms with Crippen LogP contribution in [0.4, 0.5) is 0 Å². The van der Waals surface area contributed by atoms with E-state index in [2.05, 4.69) is 18.2 Å². The highest BCUT2D eigenvalue weighted by Crippen LogP contribution is 2.56. The molecule has 2 nitrogen and oxygen atoms in total. The predicted molar refractivity (Wildman–Crippen MR) is 78.0 cm³/mol. The average Bonchev–Trinajstić information content (AvgIpc) is 3.29. The molecule has 2 aromatic rings. The van der Waals surface area contributed by atoms with Gasteiger partial charge >= 0.3 is 0 Å². The Balaban J connectivity index is 1.81. The minimum atomic E-state index is -0.839. The van der Waals surface area contributed by atoms with E-state index in [0.29, 0.717) is 11.5 Å². The molecule has 0 radical (unpaired) electrons. The molecule has 2 aromatic carbocycles. The summed E-state index contributed by atoms with van der Waals surface area (Å²) in [6, 6.07) is 19.7. The van der Waals surface area contributed by atoms with Crippen molar-refractivity contribution in [3.05, 3.63) is 71.3 Å². The second-order valence-corrected chi connectivity index (χ2v) is 5.70. The fourth-order valence-electron chi connectivity index (χ4n) is 2.98. The first-order chi connectivity index (χ1) is 9.63. The maximum Gasteiger partial charge on any atom is 0.0991 e. The molecule has 1 N–H and O–H groups in total. The molecule has 1 aliphatic rings. The second kappa shape index (κ2) is 4.77. The third kappa shape index (κ3) is 2.21. The van der Waals surface area contributed by atoms with Gasteiger partial charge in [-0.3, -0.25) is 0 Å². The van der Waals surface area contributed by atoms with Crippen molar-refractivity contribution in [3.63, 3.8) is 0 Å². The Bertz CT molecular complexity index is 637. The van der Waals surface area contributed by atoms with E-state index in [1.807, 2.05) is 37.3 Å². The summed E-state index contributed by atoms with van der Waals surface area (Å²) in [6.07, 6.45) is 1.01. The first-order valence-corrected chi connectivity index (χ1v) is 6.91.